The highest BCUT2D eigenvalue weighted by Gasteiger charge is 2.62. The van der Waals surface area contributed by atoms with E-state index in [-0.39, 0.29) is 17.4 Å². The molecule has 0 aromatic heterocycles. The molecule has 16 heavy (non-hydrogen) atoms. The Hall–Kier alpha value is -1.02. The number of methoxy groups -OCH3 is 1. The lowest BCUT2D eigenvalue weighted by Gasteiger charge is -2.21. The van der Waals surface area contributed by atoms with Gasteiger partial charge in [0.1, 0.15) is 5.75 Å². The first-order valence-corrected chi connectivity index (χ1v) is 5.73. The van der Waals surface area contributed by atoms with Crippen molar-refractivity contribution in [2.45, 2.75) is 32.6 Å². The summed E-state index contributed by atoms with van der Waals surface area (Å²) in [5.74, 6) is 0.902. The average Bonchev–Trinajstić information content (AvgIpc) is 2.82. The van der Waals surface area contributed by atoms with Crippen LogP contribution >= 0.6 is 0 Å². The maximum absolute atomic E-state index is 9.68. The van der Waals surface area contributed by atoms with Crippen molar-refractivity contribution in [2.75, 3.05) is 13.7 Å². The number of rotatable bonds is 3. The standard InChI is InChI=1S/C14H20O2/c1-10-5-6-11(12(7-10)16-4)14(9-15)8-13(14,2)3/h5-7,15H,8-9H2,1-4H3. The van der Waals surface area contributed by atoms with Crippen LogP contribution in [0.15, 0.2) is 18.2 Å². The summed E-state index contributed by atoms with van der Waals surface area (Å²) < 4.78 is 5.44. The Morgan fingerprint density at radius 1 is 1.38 bits per heavy atom. The molecule has 1 aliphatic rings. The first-order chi connectivity index (χ1) is 7.47. The van der Waals surface area contributed by atoms with Crippen LogP contribution in [0.4, 0.5) is 0 Å². The normalized spacial score (nSPS) is 26.6. The average molecular weight is 220 g/mol. The van der Waals surface area contributed by atoms with Crippen LogP contribution in [0.1, 0.15) is 31.4 Å². The number of aryl methyl sites for hydroxylation is 1. The molecule has 1 saturated carbocycles. The van der Waals surface area contributed by atoms with Crippen LogP contribution in [0.2, 0.25) is 0 Å². The van der Waals surface area contributed by atoms with E-state index in [0.29, 0.717) is 0 Å². The minimum Gasteiger partial charge on any atom is -0.496 e. The molecular weight excluding hydrogens is 200 g/mol. The van der Waals surface area contributed by atoms with E-state index < -0.39 is 0 Å². The Bertz CT molecular complexity index is 409. The van der Waals surface area contributed by atoms with Gasteiger partial charge in [-0.2, -0.15) is 0 Å². The molecule has 1 aromatic rings. The van der Waals surface area contributed by atoms with Gasteiger partial charge in [0.15, 0.2) is 0 Å². The number of benzene rings is 1. The van der Waals surface area contributed by atoms with Crippen molar-refractivity contribution in [3.05, 3.63) is 29.3 Å². The van der Waals surface area contributed by atoms with E-state index in [0.717, 1.165) is 17.7 Å². The maximum Gasteiger partial charge on any atom is 0.122 e. The van der Waals surface area contributed by atoms with Crippen molar-refractivity contribution in [1.82, 2.24) is 0 Å². The fourth-order valence-corrected chi connectivity index (χ4v) is 2.72. The number of aliphatic hydroxyl groups excluding tert-OH is 1. The van der Waals surface area contributed by atoms with E-state index in [1.54, 1.807) is 7.11 Å². The number of hydrogen-bond donors (Lipinski definition) is 1. The molecule has 1 atom stereocenters. The van der Waals surface area contributed by atoms with Gasteiger partial charge in [0.05, 0.1) is 13.7 Å². The zero-order chi connectivity index (χ0) is 12.0. The van der Waals surface area contributed by atoms with Crippen LogP contribution in [0, 0.1) is 12.3 Å². The second-order valence-corrected chi connectivity index (χ2v) is 5.50. The Morgan fingerprint density at radius 3 is 2.44 bits per heavy atom. The first-order valence-electron chi connectivity index (χ1n) is 5.73. The van der Waals surface area contributed by atoms with Gasteiger partial charge < -0.3 is 9.84 Å². The van der Waals surface area contributed by atoms with Gasteiger partial charge in [0.25, 0.3) is 0 Å². The molecule has 0 heterocycles. The van der Waals surface area contributed by atoms with Crippen molar-refractivity contribution in [3.63, 3.8) is 0 Å². The quantitative estimate of drug-likeness (QED) is 0.848. The summed E-state index contributed by atoms with van der Waals surface area (Å²) >= 11 is 0. The monoisotopic (exact) mass is 220 g/mol. The minimum absolute atomic E-state index is 0.105. The molecule has 0 amide bonds. The second kappa shape index (κ2) is 3.49. The third kappa shape index (κ3) is 1.44. The lowest BCUT2D eigenvalue weighted by Crippen LogP contribution is -2.20. The molecule has 1 fully saturated rings. The van der Waals surface area contributed by atoms with E-state index >= 15 is 0 Å². The van der Waals surface area contributed by atoms with Crippen LogP contribution < -0.4 is 4.74 Å². The molecule has 88 valence electrons. The van der Waals surface area contributed by atoms with Gasteiger partial charge in [-0.25, -0.2) is 0 Å². The molecule has 0 bridgehead atoms. The van der Waals surface area contributed by atoms with Crippen LogP contribution in [0.25, 0.3) is 0 Å². The Labute approximate surface area is 97.3 Å². The summed E-state index contributed by atoms with van der Waals surface area (Å²) in [6.07, 6.45) is 1.02. The van der Waals surface area contributed by atoms with Gasteiger partial charge in [-0.15, -0.1) is 0 Å². The predicted molar refractivity (Wildman–Crippen MR) is 64.9 cm³/mol. The Kier molecular flexibility index (Phi) is 2.50. The summed E-state index contributed by atoms with van der Waals surface area (Å²) in [5.41, 5.74) is 2.40. The zero-order valence-corrected chi connectivity index (χ0v) is 10.5. The van der Waals surface area contributed by atoms with Crippen LogP contribution in [-0.4, -0.2) is 18.8 Å². The number of ether oxygens (including phenoxy) is 1. The van der Waals surface area contributed by atoms with E-state index in [9.17, 15) is 5.11 Å². The van der Waals surface area contributed by atoms with Crippen molar-refractivity contribution < 1.29 is 9.84 Å². The minimum atomic E-state index is -0.105. The highest BCUT2D eigenvalue weighted by molar-refractivity contribution is 5.48. The molecule has 2 heteroatoms. The van der Waals surface area contributed by atoms with Gasteiger partial charge in [0, 0.05) is 11.0 Å². The van der Waals surface area contributed by atoms with Crippen molar-refractivity contribution >= 4 is 0 Å². The van der Waals surface area contributed by atoms with Crippen molar-refractivity contribution in [1.29, 1.82) is 0 Å². The lowest BCUT2D eigenvalue weighted by molar-refractivity contribution is 0.228. The van der Waals surface area contributed by atoms with E-state index in [1.807, 2.05) is 6.07 Å². The predicted octanol–water partition coefficient (Wildman–Crippen LogP) is 2.66. The van der Waals surface area contributed by atoms with Crippen LogP contribution in [-0.2, 0) is 5.41 Å². The zero-order valence-electron chi connectivity index (χ0n) is 10.5. The van der Waals surface area contributed by atoms with Crippen molar-refractivity contribution in [2.24, 2.45) is 5.41 Å². The topological polar surface area (TPSA) is 29.5 Å². The highest BCUT2D eigenvalue weighted by atomic mass is 16.5. The van der Waals surface area contributed by atoms with Gasteiger partial charge in [0.2, 0.25) is 0 Å². The SMILES string of the molecule is COc1cc(C)ccc1C1(CO)CC1(C)C. The Balaban J connectivity index is 2.48. The summed E-state index contributed by atoms with van der Waals surface area (Å²) in [6.45, 7) is 6.64. The van der Waals surface area contributed by atoms with Gasteiger partial charge >= 0.3 is 0 Å². The van der Waals surface area contributed by atoms with E-state index in [4.69, 9.17) is 4.74 Å². The number of hydrogen-bond acceptors (Lipinski definition) is 2. The molecule has 0 spiro atoms. The molecule has 1 unspecified atom stereocenters. The van der Waals surface area contributed by atoms with Crippen LogP contribution in [0.3, 0.4) is 0 Å². The summed E-state index contributed by atoms with van der Waals surface area (Å²) in [5, 5.41) is 9.68. The van der Waals surface area contributed by atoms with Crippen molar-refractivity contribution in [3.8, 4) is 5.75 Å². The highest BCUT2D eigenvalue weighted by Crippen LogP contribution is 2.65. The largest absolute Gasteiger partial charge is 0.496 e. The number of aliphatic hydroxyl groups is 1. The molecule has 0 aliphatic heterocycles. The van der Waals surface area contributed by atoms with E-state index in [2.05, 4.69) is 32.9 Å². The summed E-state index contributed by atoms with van der Waals surface area (Å²) in [7, 11) is 1.69. The smallest absolute Gasteiger partial charge is 0.122 e. The third-order valence-corrected chi connectivity index (χ3v) is 4.06. The van der Waals surface area contributed by atoms with Gasteiger partial charge in [-0.3, -0.25) is 0 Å². The van der Waals surface area contributed by atoms with Crippen LogP contribution in [0.5, 0.6) is 5.75 Å². The summed E-state index contributed by atoms with van der Waals surface area (Å²) in [4.78, 5) is 0. The lowest BCUT2D eigenvalue weighted by atomic mass is 9.87. The molecule has 1 aliphatic carbocycles. The second-order valence-electron chi connectivity index (χ2n) is 5.50. The van der Waals surface area contributed by atoms with Gasteiger partial charge in [-0.05, 0) is 30.4 Å². The first kappa shape index (κ1) is 11.5. The summed E-state index contributed by atoms with van der Waals surface area (Å²) in [6, 6.07) is 6.23. The van der Waals surface area contributed by atoms with Gasteiger partial charge in [-0.1, -0.05) is 26.0 Å². The molecule has 2 rings (SSSR count). The Morgan fingerprint density at radius 2 is 2.00 bits per heavy atom. The molecular formula is C14H20O2. The van der Waals surface area contributed by atoms with E-state index in [1.165, 1.54) is 5.56 Å². The third-order valence-electron chi connectivity index (χ3n) is 4.06. The fourth-order valence-electron chi connectivity index (χ4n) is 2.72. The maximum atomic E-state index is 9.68. The molecule has 1 N–H and O–H groups in total. The molecule has 1 aromatic carbocycles. The molecule has 2 nitrogen and oxygen atoms in total. The fraction of sp³-hybridized carbons (Fsp3) is 0.571. The molecule has 0 saturated heterocycles. The molecule has 0 radical (unpaired) electrons.